The van der Waals surface area contributed by atoms with Gasteiger partial charge in [-0.3, -0.25) is 14.8 Å². The van der Waals surface area contributed by atoms with Gasteiger partial charge in [0.05, 0.1) is 18.8 Å². The van der Waals surface area contributed by atoms with Gasteiger partial charge in [-0.25, -0.2) is 0 Å². The van der Waals surface area contributed by atoms with Crippen LogP contribution in [-0.4, -0.2) is 65.9 Å². The molecule has 1 atom stereocenters. The number of nitrogens with one attached hydrogen (secondary N) is 1. The maximum Gasteiger partial charge on any atom is 0.223 e. The largest absolute Gasteiger partial charge is 0.491 e. The van der Waals surface area contributed by atoms with E-state index in [4.69, 9.17) is 9.47 Å². The van der Waals surface area contributed by atoms with Gasteiger partial charge in [-0.2, -0.15) is 5.10 Å². The summed E-state index contributed by atoms with van der Waals surface area (Å²) in [6.45, 7) is 9.74. The molecule has 1 N–H and O–H groups in total. The molecule has 2 aliphatic rings. The fourth-order valence-electron chi connectivity index (χ4n) is 5.02. The van der Waals surface area contributed by atoms with E-state index in [2.05, 4.69) is 33.3 Å². The van der Waals surface area contributed by atoms with Crippen molar-refractivity contribution >= 4 is 5.91 Å². The quantitative estimate of drug-likeness (QED) is 0.716. The van der Waals surface area contributed by atoms with Gasteiger partial charge in [-0.15, -0.1) is 0 Å². The maximum absolute atomic E-state index is 13.0. The van der Waals surface area contributed by atoms with Crippen molar-refractivity contribution in [3.05, 3.63) is 46.3 Å². The van der Waals surface area contributed by atoms with Crippen LogP contribution in [0.1, 0.15) is 47.3 Å². The van der Waals surface area contributed by atoms with Crippen LogP contribution < -0.4 is 4.74 Å². The smallest absolute Gasteiger partial charge is 0.223 e. The third-order valence-electron chi connectivity index (χ3n) is 6.74. The Labute approximate surface area is 191 Å². The highest BCUT2D eigenvalue weighted by Gasteiger charge is 2.23. The molecule has 32 heavy (non-hydrogen) atoms. The average molecular weight is 441 g/mol. The number of benzene rings is 1. The Morgan fingerprint density at radius 1 is 1.31 bits per heavy atom. The molecule has 2 aromatic rings. The summed E-state index contributed by atoms with van der Waals surface area (Å²) in [4.78, 5) is 17.5. The number of fused-ring (bicyclic) bond motifs is 1. The molecule has 174 valence electrons. The SMILES string of the molecule is COCC1CCCN(Cc2ccc3c(c2)CN(C(=O)CCc2c(C)n[nH]c2C)CCO3)C1. The molecule has 0 saturated carbocycles. The molecule has 3 heterocycles. The van der Waals surface area contributed by atoms with E-state index < -0.39 is 0 Å². The number of likely N-dealkylation sites (tertiary alicyclic amines) is 1. The van der Waals surface area contributed by atoms with Crippen LogP contribution in [0.4, 0.5) is 0 Å². The van der Waals surface area contributed by atoms with Crippen molar-refractivity contribution in [3.63, 3.8) is 0 Å². The van der Waals surface area contributed by atoms with Crippen molar-refractivity contribution in [1.29, 1.82) is 0 Å². The van der Waals surface area contributed by atoms with Gasteiger partial charge in [-0.05, 0) is 68.8 Å². The molecule has 1 unspecified atom stereocenters. The molecule has 4 rings (SSSR count). The molecule has 0 radical (unpaired) electrons. The Morgan fingerprint density at radius 3 is 2.97 bits per heavy atom. The maximum atomic E-state index is 13.0. The molecule has 1 aromatic carbocycles. The van der Waals surface area contributed by atoms with Crippen molar-refractivity contribution in [2.45, 2.75) is 52.6 Å². The molecular weight excluding hydrogens is 404 g/mol. The topological polar surface area (TPSA) is 70.7 Å². The van der Waals surface area contributed by atoms with E-state index >= 15 is 0 Å². The molecule has 0 aliphatic carbocycles. The summed E-state index contributed by atoms with van der Waals surface area (Å²) in [7, 11) is 1.79. The number of ether oxygens (including phenoxy) is 2. The van der Waals surface area contributed by atoms with Crippen LogP contribution in [0, 0.1) is 19.8 Å². The summed E-state index contributed by atoms with van der Waals surface area (Å²) < 4.78 is 11.3. The van der Waals surface area contributed by atoms with E-state index in [1.165, 1.54) is 18.4 Å². The van der Waals surface area contributed by atoms with Crippen LogP contribution >= 0.6 is 0 Å². The molecule has 1 saturated heterocycles. The van der Waals surface area contributed by atoms with Crippen molar-refractivity contribution in [2.24, 2.45) is 5.92 Å². The first kappa shape index (κ1) is 22.8. The van der Waals surface area contributed by atoms with E-state index in [1.54, 1.807) is 7.11 Å². The zero-order valence-electron chi connectivity index (χ0n) is 19.7. The van der Waals surface area contributed by atoms with E-state index in [0.29, 0.717) is 32.0 Å². The summed E-state index contributed by atoms with van der Waals surface area (Å²) in [6, 6.07) is 6.47. The molecular formula is C25H36N4O3. The number of aromatic amines is 1. The zero-order chi connectivity index (χ0) is 22.5. The summed E-state index contributed by atoms with van der Waals surface area (Å²) in [5.41, 5.74) is 5.57. The Hall–Kier alpha value is -2.38. The van der Waals surface area contributed by atoms with Crippen molar-refractivity contribution in [2.75, 3.05) is 40.0 Å². The summed E-state index contributed by atoms with van der Waals surface area (Å²) in [5.74, 6) is 1.69. The highest BCUT2D eigenvalue weighted by atomic mass is 16.5. The van der Waals surface area contributed by atoms with Crippen molar-refractivity contribution in [3.8, 4) is 5.75 Å². The van der Waals surface area contributed by atoms with Gasteiger partial charge in [0.15, 0.2) is 0 Å². The van der Waals surface area contributed by atoms with Gasteiger partial charge in [0.25, 0.3) is 0 Å². The number of aryl methyl sites for hydroxylation is 2. The Balaban J connectivity index is 1.39. The first-order valence-electron chi connectivity index (χ1n) is 11.8. The highest BCUT2D eigenvalue weighted by Crippen LogP contribution is 2.27. The van der Waals surface area contributed by atoms with Crippen molar-refractivity contribution in [1.82, 2.24) is 20.0 Å². The van der Waals surface area contributed by atoms with Crippen LogP contribution in [0.5, 0.6) is 5.75 Å². The third kappa shape index (κ3) is 5.51. The zero-order valence-corrected chi connectivity index (χ0v) is 19.7. The number of carbonyl (C=O) groups excluding carboxylic acids is 1. The normalized spacial score (nSPS) is 19.3. The fraction of sp³-hybridized carbons (Fsp3) is 0.600. The second-order valence-electron chi connectivity index (χ2n) is 9.22. The number of rotatable bonds is 7. The van der Waals surface area contributed by atoms with E-state index in [1.807, 2.05) is 18.7 Å². The lowest BCUT2D eigenvalue weighted by Crippen LogP contribution is -2.36. The third-order valence-corrected chi connectivity index (χ3v) is 6.74. The number of hydrogen-bond acceptors (Lipinski definition) is 5. The van der Waals surface area contributed by atoms with Crippen LogP contribution in [0.25, 0.3) is 0 Å². The molecule has 2 aliphatic heterocycles. The monoisotopic (exact) mass is 440 g/mol. The molecule has 1 aromatic heterocycles. The molecule has 1 amide bonds. The lowest BCUT2D eigenvalue weighted by molar-refractivity contribution is -0.131. The number of piperidine rings is 1. The van der Waals surface area contributed by atoms with Gasteiger partial charge in [0.1, 0.15) is 12.4 Å². The Bertz CT molecular complexity index is 904. The molecule has 1 fully saturated rings. The van der Waals surface area contributed by atoms with Crippen molar-refractivity contribution < 1.29 is 14.3 Å². The van der Waals surface area contributed by atoms with E-state index in [9.17, 15) is 4.79 Å². The number of H-pyrrole nitrogens is 1. The van der Waals surface area contributed by atoms with Gasteiger partial charge in [0, 0.05) is 44.4 Å². The van der Waals surface area contributed by atoms with Gasteiger partial charge >= 0.3 is 0 Å². The summed E-state index contributed by atoms with van der Waals surface area (Å²) in [5, 5.41) is 7.25. The summed E-state index contributed by atoms with van der Waals surface area (Å²) in [6.07, 6.45) is 3.68. The van der Waals surface area contributed by atoms with Crippen LogP contribution in [0.15, 0.2) is 18.2 Å². The molecule has 7 nitrogen and oxygen atoms in total. The first-order chi connectivity index (χ1) is 15.5. The average Bonchev–Trinajstić information content (AvgIpc) is 2.97. The van der Waals surface area contributed by atoms with Gasteiger partial charge in [0.2, 0.25) is 5.91 Å². The van der Waals surface area contributed by atoms with Crippen LogP contribution in [-0.2, 0) is 29.0 Å². The number of hydrogen-bond donors (Lipinski definition) is 1. The number of amides is 1. The number of methoxy groups -OCH3 is 1. The predicted octanol–water partition coefficient (Wildman–Crippen LogP) is 3.24. The standard InChI is InChI=1S/C25H36N4O3/c1-18-23(19(2)27-26-18)7-9-25(30)29-11-12-32-24-8-6-20(13-22(24)16-29)14-28-10-4-5-21(15-28)17-31-3/h6,8,13,21H,4-5,7,9-12,14-17H2,1-3H3,(H,26,27). The Morgan fingerprint density at radius 2 is 2.19 bits per heavy atom. The second kappa shape index (κ2) is 10.5. The van der Waals surface area contributed by atoms with E-state index in [-0.39, 0.29) is 5.91 Å². The Kier molecular flexibility index (Phi) is 7.48. The number of aromatic nitrogens is 2. The minimum Gasteiger partial charge on any atom is -0.491 e. The predicted molar refractivity (Wildman–Crippen MR) is 124 cm³/mol. The molecule has 0 spiro atoms. The molecule has 0 bridgehead atoms. The molecule has 7 heteroatoms. The van der Waals surface area contributed by atoms with Gasteiger partial charge in [-0.1, -0.05) is 6.07 Å². The highest BCUT2D eigenvalue weighted by molar-refractivity contribution is 5.76. The minimum atomic E-state index is 0.172. The second-order valence-corrected chi connectivity index (χ2v) is 9.22. The number of carbonyl (C=O) groups is 1. The first-order valence-corrected chi connectivity index (χ1v) is 11.8. The number of nitrogens with zero attached hydrogens (tertiary/aromatic N) is 3. The van der Waals surface area contributed by atoms with E-state index in [0.717, 1.165) is 60.9 Å². The van der Waals surface area contributed by atoms with Gasteiger partial charge < -0.3 is 14.4 Å². The van der Waals surface area contributed by atoms with Crippen LogP contribution in [0.2, 0.25) is 0 Å². The minimum absolute atomic E-state index is 0.172. The van der Waals surface area contributed by atoms with Crippen LogP contribution in [0.3, 0.4) is 0 Å². The lowest BCUT2D eigenvalue weighted by atomic mass is 9.98. The summed E-state index contributed by atoms with van der Waals surface area (Å²) >= 11 is 0. The lowest BCUT2D eigenvalue weighted by Gasteiger charge is -2.32. The fourth-order valence-corrected chi connectivity index (χ4v) is 5.02.